The smallest absolute Gasteiger partial charge is 0.263 e. The van der Waals surface area contributed by atoms with Gasteiger partial charge in [-0.2, -0.15) is 0 Å². The number of aliphatic hydroxyl groups excluding tert-OH is 1. The zero-order valence-corrected chi connectivity index (χ0v) is 14.6. The fourth-order valence-electron chi connectivity index (χ4n) is 1.84. The van der Waals surface area contributed by atoms with Crippen molar-refractivity contribution in [2.45, 2.75) is 47.1 Å². The minimum absolute atomic E-state index is 0.0421. The van der Waals surface area contributed by atoms with Crippen LogP contribution in [0.2, 0.25) is 0 Å². The topological polar surface area (TPSA) is 40.5 Å². The lowest BCUT2D eigenvalue weighted by Gasteiger charge is -2.35. The summed E-state index contributed by atoms with van der Waals surface area (Å²) in [5.41, 5.74) is 1.06. The summed E-state index contributed by atoms with van der Waals surface area (Å²) in [4.78, 5) is 16.0. The Kier molecular flexibility index (Phi) is 6.00. The van der Waals surface area contributed by atoms with Crippen LogP contribution in [-0.2, 0) is 0 Å². The molecule has 3 nitrogen and oxygen atoms in total. The average molecular weight is 307 g/mol. The van der Waals surface area contributed by atoms with E-state index in [4.69, 9.17) is 5.11 Å². The van der Waals surface area contributed by atoms with E-state index in [9.17, 15) is 4.79 Å². The summed E-state index contributed by atoms with van der Waals surface area (Å²) in [7, 11) is 1.85. The molecule has 116 valence electrons. The fourth-order valence-corrected chi connectivity index (χ4v) is 2.87. The van der Waals surface area contributed by atoms with Crippen LogP contribution >= 0.6 is 11.3 Å². The Bertz CT molecular complexity index is 558. The summed E-state index contributed by atoms with van der Waals surface area (Å²) in [6, 6.07) is 2.05. The molecule has 0 bridgehead atoms. The second-order valence-corrected chi connectivity index (χ2v) is 7.41. The van der Waals surface area contributed by atoms with Crippen LogP contribution in [0.15, 0.2) is 6.07 Å². The molecule has 0 aliphatic heterocycles. The van der Waals surface area contributed by atoms with Crippen molar-refractivity contribution >= 4 is 17.2 Å². The highest BCUT2D eigenvalue weighted by Crippen LogP contribution is 2.27. The van der Waals surface area contributed by atoms with Gasteiger partial charge in [0, 0.05) is 19.5 Å². The SMILES string of the molecule is Cc1cc(C(=O)N(C)C(C)C(C)(C)C)sc1C#CCCO. The Balaban J connectivity index is 2.95. The molecule has 0 saturated heterocycles. The first-order valence-electron chi connectivity index (χ1n) is 7.15. The Labute approximate surface area is 132 Å². The molecular weight excluding hydrogens is 282 g/mol. The first-order valence-corrected chi connectivity index (χ1v) is 7.97. The molecule has 1 aromatic heterocycles. The predicted octanol–water partition coefficient (Wildman–Crippen LogP) is 3.30. The molecule has 0 radical (unpaired) electrons. The number of hydrogen-bond acceptors (Lipinski definition) is 3. The van der Waals surface area contributed by atoms with E-state index in [-0.39, 0.29) is 24.0 Å². The van der Waals surface area contributed by atoms with E-state index in [1.165, 1.54) is 11.3 Å². The van der Waals surface area contributed by atoms with E-state index in [1.807, 2.05) is 20.0 Å². The zero-order valence-electron chi connectivity index (χ0n) is 13.8. The maximum absolute atomic E-state index is 12.6. The number of aliphatic hydroxyl groups is 1. The lowest BCUT2D eigenvalue weighted by atomic mass is 9.87. The minimum Gasteiger partial charge on any atom is -0.395 e. The lowest BCUT2D eigenvalue weighted by molar-refractivity contribution is 0.0634. The van der Waals surface area contributed by atoms with Crippen LogP contribution in [-0.4, -0.2) is 35.6 Å². The van der Waals surface area contributed by atoms with E-state index in [0.29, 0.717) is 6.42 Å². The van der Waals surface area contributed by atoms with Gasteiger partial charge in [0.15, 0.2) is 0 Å². The van der Waals surface area contributed by atoms with E-state index >= 15 is 0 Å². The van der Waals surface area contributed by atoms with Gasteiger partial charge in [0.25, 0.3) is 5.91 Å². The molecule has 1 rings (SSSR count). The van der Waals surface area contributed by atoms with Crippen LogP contribution in [0.1, 0.15) is 54.2 Å². The maximum Gasteiger partial charge on any atom is 0.263 e. The highest BCUT2D eigenvalue weighted by atomic mass is 32.1. The monoisotopic (exact) mass is 307 g/mol. The molecule has 0 aliphatic rings. The normalized spacial score (nSPS) is 12.5. The van der Waals surface area contributed by atoms with E-state index in [1.54, 1.807) is 4.90 Å². The Morgan fingerprint density at radius 3 is 2.62 bits per heavy atom. The van der Waals surface area contributed by atoms with Gasteiger partial charge in [-0.15, -0.1) is 11.3 Å². The van der Waals surface area contributed by atoms with Crippen LogP contribution in [0.5, 0.6) is 0 Å². The molecule has 1 atom stereocenters. The molecule has 1 N–H and O–H groups in total. The first kappa shape index (κ1) is 17.7. The largest absolute Gasteiger partial charge is 0.395 e. The van der Waals surface area contributed by atoms with Crippen molar-refractivity contribution in [3.8, 4) is 11.8 Å². The van der Waals surface area contributed by atoms with Crippen molar-refractivity contribution in [3.05, 3.63) is 21.4 Å². The third-order valence-corrected chi connectivity index (χ3v) is 4.86. The van der Waals surface area contributed by atoms with Gasteiger partial charge in [-0.3, -0.25) is 4.79 Å². The number of amides is 1. The third-order valence-electron chi connectivity index (χ3n) is 3.72. The second kappa shape index (κ2) is 7.11. The molecule has 0 aromatic carbocycles. The molecule has 1 aromatic rings. The molecule has 1 unspecified atom stereocenters. The van der Waals surface area contributed by atoms with Crippen LogP contribution < -0.4 is 0 Å². The summed E-state index contributed by atoms with van der Waals surface area (Å²) in [6.45, 7) is 10.5. The van der Waals surface area contributed by atoms with E-state index in [2.05, 4.69) is 39.5 Å². The van der Waals surface area contributed by atoms with Crippen LogP contribution in [0.4, 0.5) is 0 Å². The summed E-state index contributed by atoms with van der Waals surface area (Å²) >= 11 is 1.43. The standard InChI is InChI=1S/C17H25NO2S/c1-12-11-15(21-14(12)9-7-8-10-19)16(20)18(6)13(2)17(3,4)5/h11,13,19H,8,10H2,1-6H3. The number of carbonyl (C=O) groups excluding carboxylic acids is 1. The minimum atomic E-state index is 0.0421. The Morgan fingerprint density at radius 1 is 1.48 bits per heavy atom. The summed E-state index contributed by atoms with van der Waals surface area (Å²) in [5.74, 6) is 5.97. The van der Waals surface area contributed by atoms with Gasteiger partial charge in [0.1, 0.15) is 0 Å². The van der Waals surface area contributed by atoms with Gasteiger partial charge in [0.2, 0.25) is 0 Å². The van der Waals surface area contributed by atoms with Crippen molar-refractivity contribution in [3.63, 3.8) is 0 Å². The molecule has 1 heterocycles. The molecule has 21 heavy (non-hydrogen) atoms. The molecular formula is C17H25NO2S. The van der Waals surface area contributed by atoms with Gasteiger partial charge in [-0.05, 0) is 30.9 Å². The maximum atomic E-state index is 12.6. The number of rotatable bonds is 3. The highest BCUT2D eigenvalue weighted by Gasteiger charge is 2.28. The first-order chi connectivity index (χ1) is 9.68. The second-order valence-electron chi connectivity index (χ2n) is 6.36. The van der Waals surface area contributed by atoms with Crippen LogP contribution in [0.25, 0.3) is 0 Å². The van der Waals surface area contributed by atoms with Crippen molar-refractivity contribution in [1.29, 1.82) is 0 Å². The van der Waals surface area contributed by atoms with Crippen LogP contribution in [0, 0.1) is 24.2 Å². The molecule has 0 spiro atoms. The van der Waals surface area contributed by atoms with Crippen molar-refractivity contribution in [1.82, 2.24) is 4.90 Å². The average Bonchev–Trinajstić information content (AvgIpc) is 2.77. The van der Waals surface area contributed by atoms with E-state index < -0.39 is 0 Å². The highest BCUT2D eigenvalue weighted by molar-refractivity contribution is 7.14. The van der Waals surface area contributed by atoms with Gasteiger partial charge < -0.3 is 10.0 Å². The van der Waals surface area contributed by atoms with Gasteiger partial charge in [0.05, 0.1) is 16.4 Å². The number of carbonyl (C=O) groups is 1. The summed E-state index contributed by atoms with van der Waals surface area (Å²) < 4.78 is 0. The molecule has 0 fully saturated rings. The van der Waals surface area contributed by atoms with Crippen molar-refractivity contribution in [2.24, 2.45) is 5.41 Å². The van der Waals surface area contributed by atoms with Crippen LogP contribution in [0.3, 0.4) is 0 Å². The summed E-state index contributed by atoms with van der Waals surface area (Å²) in [5, 5.41) is 8.76. The van der Waals surface area contributed by atoms with Gasteiger partial charge in [-0.1, -0.05) is 32.6 Å². The lowest BCUT2D eigenvalue weighted by Crippen LogP contribution is -2.42. The molecule has 4 heteroatoms. The Morgan fingerprint density at radius 2 is 2.10 bits per heavy atom. The van der Waals surface area contributed by atoms with Crippen molar-refractivity contribution in [2.75, 3.05) is 13.7 Å². The fraction of sp³-hybridized carbons (Fsp3) is 0.588. The molecule has 1 amide bonds. The number of aryl methyl sites for hydroxylation is 1. The predicted molar refractivity (Wildman–Crippen MR) is 88.6 cm³/mol. The third kappa shape index (κ3) is 4.59. The van der Waals surface area contributed by atoms with Crippen molar-refractivity contribution < 1.29 is 9.90 Å². The number of thiophene rings is 1. The zero-order chi connectivity index (χ0) is 16.2. The molecule has 0 aliphatic carbocycles. The Hall–Kier alpha value is -1.31. The van der Waals surface area contributed by atoms with Gasteiger partial charge in [-0.25, -0.2) is 0 Å². The van der Waals surface area contributed by atoms with E-state index in [0.717, 1.165) is 15.3 Å². The molecule has 0 saturated carbocycles. The number of nitrogens with zero attached hydrogens (tertiary/aromatic N) is 1. The van der Waals surface area contributed by atoms with Gasteiger partial charge >= 0.3 is 0 Å². The summed E-state index contributed by atoms with van der Waals surface area (Å²) in [6.07, 6.45) is 0.460. The quantitative estimate of drug-likeness (QED) is 0.871. The number of hydrogen-bond donors (Lipinski definition) is 1.